The summed E-state index contributed by atoms with van der Waals surface area (Å²) in [7, 11) is 0. The number of nitro groups is 1. The van der Waals surface area contributed by atoms with Gasteiger partial charge in [-0.25, -0.2) is 0 Å². The van der Waals surface area contributed by atoms with E-state index in [0.29, 0.717) is 13.0 Å². The van der Waals surface area contributed by atoms with Gasteiger partial charge in [0.2, 0.25) is 5.91 Å². The van der Waals surface area contributed by atoms with E-state index in [1.807, 2.05) is 23.6 Å². The van der Waals surface area contributed by atoms with E-state index in [2.05, 4.69) is 45.4 Å². The predicted molar refractivity (Wildman–Crippen MR) is 134 cm³/mol. The van der Waals surface area contributed by atoms with Gasteiger partial charge in [-0.15, -0.1) is 11.3 Å². The zero-order valence-corrected chi connectivity index (χ0v) is 19.7. The Morgan fingerprint density at radius 3 is 2.74 bits per heavy atom. The van der Waals surface area contributed by atoms with Crippen LogP contribution in [0.3, 0.4) is 0 Å². The number of fused-ring (bicyclic) bond motifs is 3. The first-order valence-electron chi connectivity index (χ1n) is 11.7. The average Bonchev–Trinajstić information content (AvgIpc) is 3.37. The van der Waals surface area contributed by atoms with Crippen molar-refractivity contribution in [3.63, 3.8) is 0 Å². The molecule has 5 rings (SSSR count). The molecule has 0 radical (unpaired) electrons. The molecule has 1 N–H and O–H groups in total. The standard InChI is InChI=1S/C26H28N4O3S/c31-26(27-11-10-22-7-4-14-34-22)23-16-20-15-21(30(32)33)8-9-24(20)29-13-12-28(18-25(23)29)17-19-5-2-1-3-6-19/h1-9,14-15,23,25H,10-13,16-18H2,(H,27,31)/t23-,25-/m0/s1. The van der Waals surface area contributed by atoms with Crippen molar-refractivity contribution >= 4 is 28.6 Å². The summed E-state index contributed by atoms with van der Waals surface area (Å²) in [4.78, 5) is 30.4. The van der Waals surface area contributed by atoms with Gasteiger partial charge in [0.05, 0.1) is 16.9 Å². The van der Waals surface area contributed by atoms with Crippen LogP contribution in [0.1, 0.15) is 16.0 Å². The van der Waals surface area contributed by atoms with Crippen molar-refractivity contribution in [2.45, 2.75) is 25.4 Å². The van der Waals surface area contributed by atoms with E-state index in [0.717, 1.165) is 43.9 Å². The second-order valence-electron chi connectivity index (χ2n) is 8.98. The monoisotopic (exact) mass is 476 g/mol. The predicted octanol–water partition coefficient (Wildman–Crippen LogP) is 3.88. The Morgan fingerprint density at radius 2 is 1.97 bits per heavy atom. The summed E-state index contributed by atoms with van der Waals surface area (Å²) in [6, 6.07) is 19.6. The van der Waals surface area contributed by atoms with Crippen LogP contribution in [-0.4, -0.2) is 48.0 Å². The lowest BCUT2D eigenvalue weighted by atomic mass is 9.83. The van der Waals surface area contributed by atoms with Crippen LogP contribution in [-0.2, 0) is 24.2 Å². The second-order valence-corrected chi connectivity index (χ2v) is 10.0. The second kappa shape index (κ2) is 9.95. The molecule has 0 saturated carbocycles. The van der Waals surface area contributed by atoms with Crippen LogP contribution in [0, 0.1) is 16.0 Å². The summed E-state index contributed by atoms with van der Waals surface area (Å²) in [5.74, 6) is -0.221. The number of amides is 1. The highest BCUT2D eigenvalue weighted by Gasteiger charge is 2.41. The molecule has 0 unspecified atom stereocenters. The van der Waals surface area contributed by atoms with Gasteiger partial charge >= 0.3 is 0 Å². The molecule has 176 valence electrons. The Labute approximate surface area is 203 Å². The van der Waals surface area contributed by atoms with Crippen LogP contribution in [0.2, 0.25) is 0 Å². The molecule has 2 aromatic carbocycles. The van der Waals surface area contributed by atoms with Gasteiger partial charge in [-0.1, -0.05) is 36.4 Å². The Kier molecular flexibility index (Phi) is 6.60. The molecule has 1 saturated heterocycles. The van der Waals surface area contributed by atoms with Gasteiger partial charge in [-0.2, -0.15) is 0 Å². The van der Waals surface area contributed by atoms with E-state index in [1.165, 1.54) is 10.4 Å². The molecule has 1 aromatic heterocycles. The Morgan fingerprint density at radius 1 is 1.12 bits per heavy atom. The number of carbonyl (C=O) groups excluding carboxylic acids is 1. The number of anilines is 1. The molecule has 8 heteroatoms. The van der Waals surface area contributed by atoms with Crippen LogP contribution < -0.4 is 10.2 Å². The summed E-state index contributed by atoms with van der Waals surface area (Å²) in [5, 5.41) is 16.6. The van der Waals surface area contributed by atoms with Gasteiger partial charge in [-0.3, -0.25) is 19.8 Å². The van der Waals surface area contributed by atoms with Crippen molar-refractivity contribution in [2.24, 2.45) is 5.92 Å². The van der Waals surface area contributed by atoms with Crippen molar-refractivity contribution in [1.29, 1.82) is 0 Å². The number of nitro benzene ring substituents is 1. The summed E-state index contributed by atoms with van der Waals surface area (Å²) in [6.07, 6.45) is 1.33. The Hall–Kier alpha value is -3.23. The summed E-state index contributed by atoms with van der Waals surface area (Å²) < 4.78 is 0. The molecule has 0 aliphatic carbocycles. The van der Waals surface area contributed by atoms with Crippen molar-refractivity contribution in [2.75, 3.05) is 31.1 Å². The minimum absolute atomic E-state index is 0.0327. The number of piperazine rings is 1. The molecule has 3 heterocycles. The van der Waals surface area contributed by atoms with Crippen LogP contribution in [0.4, 0.5) is 11.4 Å². The first-order chi connectivity index (χ1) is 16.6. The Bertz CT molecular complexity index is 1150. The SMILES string of the molecule is O=C(NCCc1cccs1)[C@H]1Cc2cc([N+](=O)[O-])ccc2N2CCN(Cc3ccccc3)C[C@@H]12. The molecule has 2 aliphatic heterocycles. The summed E-state index contributed by atoms with van der Waals surface area (Å²) in [5.41, 5.74) is 3.26. The van der Waals surface area contributed by atoms with Gasteiger partial charge in [-0.05, 0) is 41.5 Å². The van der Waals surface area contributed by atoms with Crippen molar-refractivity contribution in [3.8, 4) is 0 Å². The maximum Gasteiger partial charge on any atom is 0.269 e. The quantitative estimate of drug-likeness (QED) is 0.414. The normalized spacial score (nSPS) is 19.8. The highest BCUT2D eigenvalue weighted by molar-refractivity contribution is 7.09. The number of hydrogen-bond acceptors (Lipinski definition) is 6. The largest absolute Gasteiger partial charge is 0.365 e. The van der Waals surface area contributed by atoms with Gasteiger partial charge in [0.15, 0.2) is 0 Å². The minimum Gasteiger partial charge on any atom is -0.365 e. The number of thiophene rings is 1. The van der Waals surface area contributed by atoms with Crippen molar-refractivity contribution < 1.29 is 9.72 Å². The maximum atomic E-state index is 13.4. The van der Waals surface area contributed by atoms with Crippen LogP contribution in [0.5, 0.6) is 0 Å². The van der Waals surface area contributed by atoms with E-state index in [-0.39, 0.29) is 28.5 Å². The van der Waals surface area contributed by atoms with E-state index in [4.69, 9.17) is 0 Å². The first kappa shape index (κ1) is 22.6. The molecular formula is C26H28N4O3S. The molecule has 2 aliphatic rings. The van der Waals surface area contributed by atoms with E-state index in [9.17, 15) is 14.9 Å². The van der Waals surface area contributed by atoms with Crippen LogP contribution >= 0.6 is 11.3 Å². The molecule has 0 bridgehead atoms. The zero-order valence-electron chi connectivity index (χ0n) is 18.9. The highest BCUT2D eigenvalue weighted by Crippen LogP contribution is 2.38. The number of nitrogens with one attached hydrogen (secondary N) is 1. The fourth-order valence-corrected chi connectivity index (χ4v) is 5.87. The zero-order chi connectivity index (χ0) is 23.5. The molecular weight excluding hydrogens is 448 g/mol. The van der Waals surface area contributed by atoms with E-state index in [1.54, 1.807) is 23.5 Å². The number of non-ortho nitro benzene ring substituents is 1. The number of hydrogen-bond donors (Lipinski definition) is 1. The highest BCUT2D eigenvalue weighted by atomic mass is 32.1. The molecule has 34 heavy (non-hydrogen) atoms. The minimum atomic E-state index is -0.361. The molecule has 1 amide bonds. The molecule has 7 nitrogen and oxygen atoms in total. The molecule has 0 spiro atoms. The third-order valence-corrected chi connectivity index (χ3v) is 7.76. The average molecular weight is 477 g/mol. The summed E-state index contributed by atoms with van der Waals surface area (Å²) >= 11 is 1.69. The first-order valence-corrected chi connectivity index (χ1v) is 12.6. The van der Waals surface area contributed by atoms with E-state index < -0.39 is 0 Å². The lowest BCUT2D eigenvalue weighted by molar-refractivity contribution is -0.384. The van der Waals surface area contributed by atoms with Gasteiger partial charge in [0, 0.05) is 55.4 Å². The number of nitrogens with zero attached hydrogens (tertiary/aromatic N) is 3. The van der Waals surface area contributed by atoms with E-state index >= 15 is 0 Å². The maximum absolute atomic E-state index is 13.4. The third kappa shape index (κ3) is 4.83. The number of benzene rings is 2. The fraction of sp³-hybridized carbons (Fsp3) is 0.346. The fourth-order valence-electron chi connectivity index (χ4n) is 5.16. The number of rotatable bonds is 7. The van der Waals surface area contributed by atoms with Gasteiger partial charge in [0.1, 0.15) is 0 Å². The van der Waals surface area contributed by atoms with Crippen LogP contribution in [0.15, 0.2) is 66.0 Å². The van der Waals surface area contributed by atoms with Gasteiger partial charge < -0.3 is 10.2 Å². The lowest BCUT2D eigenvalue weighted by Crippen LogP contribution is -2.61. The smallest absolute Gasteiger partial charge is 0.269 e. The third-order valence-electron chi connectivity index (χ3n) is 6.83. The molecule has 2 atom stereocenters. The molecule has 1 fully saturated rings. The van der Waals surface area contributed by atoms with Crippen molar-refractivity contribution in [3.05, 3.63) is 92.2 Å². The van der Waals surface area contributed by atoms with Crippen LogP contribution in [0.25, 0.3) is 0 Å². The number of carbonyl (C=O) groups is 1. The molecule has 3 aromatic rings. The summed E-state index contributed by atoms with van der Waals surface area (Å²) in [6.45, 7) is 3.91. The van der Waals surface area contributed by atoms with Gasteiger partial charge in [0.25, 0.3) is 5.69 Å². The lowest BCUT2D eigenvalue weighted by Gasteiger charge is -2.49. The van der Waals surface area contributed by atoms with Crippen molar-refractivity contribution in [1.82, 2.24) is 10.2 Å². The topological polar surface area (TPSA) is 78.7 Å². The Balaban J connectivity index is 1.36.